The molecule has 1 atom stereocenters. The van der Waals surface area contributed by atoms with Crippen LogP contribution in [0, 0.1) is 18.3 Å². The maximum absolute atomic E-state index is 12.6. The molecule has 130 valence electrons. The first-order valence-corrected chi connectivity index (χ1v) is 8.32. The first kappa shape index (κ1) is 17.0. The van der Waals surface area contributed by atoms with E-state index in [0.717, 1.165) is 25.7 Å². The van der Waals surface area contributed by atoms with Gasteiger partial charge in [-0.3, -0.25) is 4.79 Å². The number of aromatic nitrogens is 2. The predicted octanol–water partition coefficient (Wildman–Crippen LogP) is 2.60. The van der Waals surface area contributed by atoms with Crippen molar-refractivity contribution in [2.24, 2.45) is 0 Å². The number of benzene rings is 1. The van der Waals surface area contributed by atoms with Crippen LogP contribution in [-0.2, 0) is 10.3 Å². The molecule has 1 aliphatic rings. The van der Waals surface area contributed by atoms with Crippen LogP contribution in [0.4, 0.5) is 0 Å². The molecule has 1 aromatic heterocycles. The van der Waals surface area contributed by atoms with Crippen molar-refractivity contribution in [3.63, 3.8) is 0 Å². The van der Waals surface area contributed by atoms with E-state index in [4.69, 9.17) is 14.5 Å². The van der Waals surface area contributed by atoms with Crippen molar-refractivity contribution >= 4 is 5.91 Å². The Balaban J connectivity index is 1.69. The Morgan fingerprint density at radius 2 is 2.04 bits per heavy atom. The van der Waals surface area contributed by atoms with Crippen molar-refractivity contribution in [2.45, 2.75) is 51.2 Å². The van der Waals surface area contributed by atoms with Crippen LogP contribution in [0.25, 0.3) is 0 Å². The number of nitrogens with one attached hydrogen (secondary N) is 1. The maximum atomic E-state index is 12.6. The van der Waals surface area contributed by atoms with Crippen molar-refractivity contribution in [1.82, 2.24) is 15.5 Å². The zero-order chi connectivity index (χ0) is 17.9. The largest absolute Gasteiger partial charge is 0.481 e. The summed E-state index contributed by atoms with van der Waals surface area (Å²) in [6.45, 7) is 3.43. The predicted molar refractivity (Wildman–Crippen MR) is 88.6 cm³/mol. The van der Waals surface area contributed by atoms with E-state index in [1.54, 1.807) is 38.1 Å². The monoisotopic (exact) mass is 340 g/mol. The number of carbonyl (C=O) groups excluding carboxylic acids is 1. The zero-order valence-corrected chi connectivity index (χ0v) is 14.3. The van der Waals surface area contributed by atoms with Gasteiger partial charge in [-0.15, -0.1) is 0 Å². The molecule has 0 saturated heterocycles. The molecule has 1 unspecified atom stereocenters. The van der Waals surface area contributed by atoms with Gasteiger partial charge in [0.1, 0.15) is 11.3 Å². The van der Waals surface area contributed by atoms with Gasteiger partial charge in [0, 0.05) is 6.92 Å². The summed E-state index contributed by atoms with van der Waals surface area (Å²) in [6, 6.07) is 8.71. The third-order valence-electron chi connectivity index (χ3n) is 4.44. The summed E-state index contributed by atoms with van der Waals surface area (Å²) in [7, 11) is 0. The van der Waals surface area contributed by atoms with Gasteiger partial charge in [0.25, 0.3) is 5.91 Å². The van der Waals surface area contributed by atoms with Crippen molar-refractivity contribution in [3.05, 3.63) is 41.5 Å². The van der Waals surface area contributed by atoms with E-state index in [1.165, 1.54) is 0 Å². The lowest BCUT2D eigenvalue weighted by Gasteiger charge is -2.28. The van der Waals surface area contributed by atoms with Gasteiger partial charge in [0.05, 0.1) is 11.6 Å². The van der Waals surface area contributed by atoms with Crippen LogP contribution in [0.1, 0.15) is 49.9 Å². The van der Waals surface area contributed by atoms with E-state index < -0.39 is 11.6 Å². The van der Waals surface area contributed by atoms with Gasteiger partial charge in [-0.05, 0) is 44.0 Å². The van der Waals surface area contributed by atoms with Crippen LogP contribution in [0.2, 0.25) is 0 Å². The molecule has 1 aromatic carbocycles. The Bertz CT molecular complexity index is 785. The molecule has 0 spiro atoms. The molecule has 3 rings (SSSR count). The SMILES string of the molecule is Cc1nc(C2(NC(=O)C(C)Oc3ccc(C#N)cc3)CCCC2)no1. The Kier molecular flexibility index (Phi) is 4.70. The Labute approximate surface area is 146 Å². The van der Waals surface area contributed by atoms with Crippen LogP contribution in [0.15, 0.2) is 28.8 Å². The summed E-state index contributed by atoms with van der Waals surface area (Å²) >= 11 is 0. The van der Waals surface area contributed by atoms with E-state index in [1.807, 2.05) is 6.07 Å². The van der Waals surface area contributed by atoms with E-state index in [9.17, 15) is 4.79 Å². The van der Waals surface area contributed by atoms with Crippen LogP contribution < -0.4 is 10.1 Å². The van der Waals surface area contributed by atoms with Crippen LogP contribution in [-0.4, -0.2) is 22.2 Å². The third kappa shape index (κ3) is 3.63. The summed E-state index contributed by atoms with van der Waals surface area (Å²) in [4.78, 5) is 17.0. The highest BCUT2D eigenvalue weighted by Crippen LogP contribution is 2.37. The molecule has 1 fully saturated rings. The molecule has 1 amide bonds. The van der Waals surface area contributed by atoms with E-state index in [2.05, 4.69) is 15.5 Å². The number of rotatable bonds is 5. The van der Waals surface area contributed by atoms with Gasteiger partial charge >= 0.3 is 0 Å². The number of amides is 1. The van der Waals surface area contributed by atoms with Gasteiger partial charge in [-0.2, -0.15) is 10.2 Å². The normalized spacial score (nSPS) is 16.8. The molecule has 7 nitrogen and oxygen atoms in total. The number of hydrogen-bond acceptors (Lipinski definition) is 6. The molecule has 25 heavy (non-hydrogen) atoms. The van der Waals surface area contributed by atoms with Gasteiger partial charge in [0.2, 0.25) is 5.89 Å². The molecule has 2 aromatic rings. The number of hydrogen-bond donors (Lipinski definition) is 1. The smallest absolute Gasteiger partial charge is 0.261 e. The Morgan fingerprint density at radius 3 is 2.60 bits per heavy atom. The van der Waals surface area contributed by atoms with Gasteiger partial charge < -0.3 is 14.6 Å². The fourth-order valence-corrected chi connectivity index (χ4v) is 3.08. The first-order valence-electron chi connectivity index (χ1n) is 8.32. The van der Waals surface area contributed by atoms with Gasteiger partial charge in [0.15, 0.2) is 11.9 Å². The third-order valence-corrected chi connectivity index (χ3v) is 4.44. The highest BCUT2D eigenvalue weighted by molar-refractivity contribution is 5.81. The molecular weight excluding hydrogens is 320 g/mol. The minimum Gasteiger partial charge on any atom is -0.481 e. The highest BCUT2D eigenvalue weighted by Gasteiger charge is 2.42. The zero-order valence-electron chi connectivity index (χ0n) is 14.3. The minimum atomic E-state index is -0.682. The number of ether oxygens (including phenoxy) is 1. The molecular formula is C18H20N4O3. The molecule has 0 radical (unpaired) electrons. The quantitative estimate of drug-likeness (QED) is 0.898. The Hall–Kier alpha value is -2.88. The van der Waals surface area contributed by atoms with Crippen molar-refractivity contribution in [3.8, 4) is 11.8 Å². The van der Waals surface area contributed by atoms with Crippen molar-refractivity contribution in [1.29, 1.82) is 5.26 Å². The molecule has 1 aliphatic carbocycles. The number of carbonyl (C=O) groups is 1. The molecule has 7 heteroatoms. The second kappa shape index (κ2) is 6.93. The maximum Gasteiger partial charge on any atom is 0.261 e. The molecule has 0 aliphatic heterocycles. The second-order valence-electron chi connectivity index (χ2n) is 6.31. The standard InChI is InChI=1S/C18H20N4O3/c1-12(24-15-7-5-14(11-19)6-8-15)16(23)21-18(9-3-4-10-18)17-20-13(2)25-22-17/h5-8,12H,3-4,9-10H2,1-2H3,(H,21,23). The van der Waals surface area contributed by atoms with E-state index >= 15 is 0 Å². The van der Waals surface area contributed by atoms with Crippen LogP contribution in [0.3, 0.4) is 0 Å². The number of nitriles is 1. The average Bonchev–Trinajstić information content (AvgIpc) is 3.25. The average molecular weight is 340 g/mol. The molecule has 1 heterocycles. The van der Waals surface area contributed by atoms with Crippen molar-refractivity contribution in [2.75, 3.05) is 0 Å². The lowest BCUT2D eigenvalue weighted by molar-refractivity contribution is -0.129. The van der Waals surface area contributed by atoms with E-state index in [0.29, 0.717) is 23.0 Å². The first-order chi connectivity index (χ1) is 12.0. The lowest BCUT2D eigenvalue weighted by Crippen LogP contribution is -2.49. The summed E-state index contributed by atoms with van der Waals surface area (Å²) in [5.74, 6) is 1.32. The highest BCUT2D eigenvalue weighted by atomic mass is 16.5. The molecule has 1 N–H and O–H groups in total. The Morgan fingerprint density at radius 1 is 1.36 bits per heavy atom. The second-order valence-corrected chi connectivity index (χ2v) is 6.31. The fraction of sp³-hybridized carbons (Fsp3) is 0.444. The summed E-state index contributed by atoms with van der Waals surface area (Å²) in [5, 5.41) is 15.9. The minimum absolute atomic E-state index is 0.228. The van der Waals surface area contributed by atoms with Gasteiger partial charge in [-0.1, -0.05) is 18.0 Å². The summed E-state index contributed by atoms with van der Waals surface area (Å²) in [6.07, 6.45) is 2.87. The molecule has 1 saturated carbocycles. The van der Waals surface area contributed by atoms with E-state index in [-0.39, 0.29) is 5.91 Å². The molecule has 0 bridgehead atoms. The van der Waals surface area contributed by atoms with Gasteiger partial charge in [-0.25, -0.2) is 0 Å². The number of nitrogens with zero attached hydrogens (tertiary/aromatic N) is 3. The topological polar surface area (TPSA) is 101 Å². The van der Waals surface area contributed by atoms with Crippen molar-refractivity contribution < 1.29 is 14.1 Å². The van der Waals surface area contributed by atoms with Crippen LogP contribution in [0.5, 0.6) is 5.75 Å². The lowest BCUT2D eigenvalue weighted by atomic mass is 9.96. The number of aryl methyl sites for hydroxylation is 1. The summed E-state index contributed by atoms with van der Waals surface area (Å²) < 4.78 is 10.8. The fourth-order valence-electron chi connectivity index (χ4n) is 3.08. The summed E-state index contributed by atoms with van der Waals surface area (Å²) in [5.41, 5.74) is -0.0428. The van der Waals surface area contributed by atoms with Crippen LogP contribution >= 0.6 is 0 Å².